The molecule has 0 saturated carbocycles. The minimum absolute atomic E-state index is 0.0397. The van der Waals surface area contributed by atoms with E-state index in [4.69, 9.17) is 9.47 Å². The smallest absolute Gasteiger partial charge is 0.430 e. The number of ether oxygens (including phenoxy) is 2. The average Bonchev–Trinajstić information content (AvgIpc) is 2.52. The summed E-state index contributed by atoms with van der Waals surface area (Å²) in [5.41, 5.74) is 0. The fraction of sp³-hybridized carbons (Fsp3) is 0.353. The number of hydrogen-bond donors (Lipinski definition) is 1. The average molecular weight is 349 g/mol. The SMILES string of the molecule is C=CCOC(=O)O[C@H](C)[C@H]1C(=O)N[C@@H]1CC(=O)Sc1ccccc1. The van der Waals surface area contributed by atoms with Gasteiger partial charge < -0.3 is 14.8 Å². The van der Waals surface area contributed by atoms with E-state index in [1.165, 1.54) is 6.08 Å². The number of carbonyl (C=O) groups is 3. The lowest BCUT2D eigenvalue weighted by Crippen LogP contribution is -2.62. The van der Waals surface area contributed by atoms with Gasteiger partial charge in [-0.1, -0.05) is 42.6 Å². The first-order chi connectivity index (χ1) is 11.5. The fourth-order valence-corrected chi connectivity index (χ4v) is 3.22. The molecule has 0 aromatic heterocycles. The molecule has 1 aromatic rings. The summed E-state index contributed by atoms with van der Waals surface area (Å²) in [7, 11) is 0. The monoisotopic (exact) mass is 349 g/mol. The molecule has 1 aromatic carbocycles. The van der Waals surface area contributed by atoms with E-state index in [9.17, 15) is 14.4 Å². The van der Waals surface area contributed by atoms with Crippen LogP contribution in [-0.4, -0.2) is 35.9 Å². The molecule has 1 fully saturated rings. The Balaban J connectivity index is 1.84. The summed E-state index contributed by atoms with van der Waals surface area (Å²) in [6, 6.07) is 8.94. The standard InChI is InChI=1S/C17H19NO5S/c1-3-9-22-17(21)23-11(2)15-13(18-16(15)20)10-14(19)24-12-7-5-4-6-8-12/h3-8,11,13,15H,1,9-10H2,2H3,(H,18,20)/t11-,13-,15-/m1/s1. The molecule has 1 saturated heterocycles. The van der Waals surface area contributed by atoms with Crippen LogP contribution in [0.15, 0.2) is 47.9 Å². The molecule has 0 bridgehead atoms. The van der Waals surface area contributed by atoms with Crippen LogP contribution in [0.25, 0.3) is 0 Å². The van der Waals surface area contributed by atoms with Crippen molar-refractivity contribution in [1.82, 2.24) is 5.32 Å². The van der Waals surface area contributed by atoms with Crippen LogP contribution in [0.1, 0.15) is 13.3 Å². The second-order valence-corrected chi connectivity index (χ2v) is 6.44. The van der Waals surface area contributed by atoms with Crippen molar-refractivity contribution >= 4 is 28.9 Å². The van der Waals surface area contributed by atoms with Crippen molar-refractivity contribution in [3.05, 3.63) is 43.0 Å². The summed E-state index contributed by atoms with van der Waals surface area (Å²) in [5, 5.41) is 2.63. The van der Waals surface area contributed by atoms with Crippen LogP contribution >= 0.6 is 11.8 Å². The molecule has 1 heterocycles. The van der Waals surface area contributed by atoms with Gasteiger partial charge in [-0.25, -0.2) is 4.79 Å². The maximum Gasteiger partial charge on any atom is 0.508 e. The van der Waals surface area contributed by atoms with Crippen molar-refractivity contribution in [1.29, 1.82) is 0 Å². The van der Waals surface area contributed by atoms with Gasteiger partial charge in [-0.05, 0) is 19.1 Å². The van der Waals surface area contributed by atoms with Crippen molar-refractivity contribution in [2.45, 2.75) is 30.4 Å². The van der Waals surface area contributed by atoms with Gasteiger partial charge in [-0.3, -0.25) is 9.59 Å². The van der Waals surface area contributed by atoms with Crippen molar-refractivity contribution < 1.29 is 23.9 Å². The molecule has 24 heavy (non-hydrogen) atoms. The quantitative estimate of drug-likeness (QED) is 0.353. The van der Waals surface area contributed by atoms with Gasteiger partial charge >= 0.3 is 6.16 Å². The van der Waals surface area contributed by atoms with E-state index in [-0.39, 0.29) is 30.1 Å². The molecule has 0 unspecified atom stereocenters. The van der Waals surface area contributed by atoms with Crippen LogP contribution < -0.4 is 5.32 Å². The first-order valence-corrected chi connectivity index (χ1v) is 8.33. The molecule has 6 nitrogen and oxygen atoms in total. The van der Waals surface area contributed by atoms with Crippen molar-refractivity contribution in [2.24, 2.45) is 5.92 Å². The Morgan fingerprint density at radius 3 is 2.71 bits per heavy atom. The predicted molar refractivity (Wildman–Crippen MR) is 89.4 cm³/mol. The van der Waals surface area contributed by atoms with E-state index in [0.29, 0.717) is 0 Å². The van der Waals surface area contributed by atoms with Gasteiger partial charge in [-0.2, -0.15) is 0 Å². The molecule has 1 amide bonds. The maximum absolute atomic E-state index is 12.1. The highest BCUT2D eigenvalue weighted by Gasteiger charge is 2.45. The summed E-state index contributed by atoms with van der Waals surface area (Å²) in [6.07, 6.45) is 0.0664. The van der Waals surface area contributed by atoms with Gasteiger partial charge in [0.2, 0.25) is 5.91 Å². The van der Waals surface area contributed by atoms with E-state index in [1.807, 2.05) is 30.3 Å². The molecular weight excluding hydrogens is 330 g/mol. The van der Waals surface area contributed by atoms with Crippen molar-refractivity contribution in [3.63, 3.8) is 0 Å². The van der Waals surface area contributed by atoms with Gasteiger partial charge in [-0.15, -0.1) is 0 Å². The zero-order chi connectivity index (χ0) is 17.5. The number of β-lactam (4-membered cyclic amide) rings is 1. The van der Waals surface area contributed by atoms with Crippen LogP contribution in [0.2, 0.25) is 0 Å². The van der Waals surface area contributed by atoms with E-state index in [1.54, 1.807) is 6.92 Å². The van der Waals surface area contributed by atoms with Crippen molar-refractivity contribution in [2.75, 3.05) is 6.61 Å². The Bertz CT molecular complexity index is 619. The first kappa shape index (κ1) is 18.1. The zero-order valence-electron chi connectivity index (χ0n) is 13.3. The van der Waals surface area contributed by atoms with Gasteiger partial charge in [0.05, 0.1) is 12.0 Å². The van der Waals surface area contributed by atoms with Gasteiger partial charge in [0.25, 0.3) is 0 Å². The molecule has 0 radical (unpaired) electrons. The molecule has 3 atom stereocenters. The Labute approximate surface area is 144 Å². The third-order valence-electron chi connectivity index (χ3n) is 3.53. The highest BCUT2D eigenvalue weighted by molar-refractivity contribution is 8.13. The third-order valence-corrected chi connectivity index (χ3v) is 4.43. The van der Waals surface area contributed by atoms with Crippen LogP contribution in [0.5, 0.6) is 0 Å². The van der Waals surface area contributed by atoms with E-state index in [0.717, 1.165) is 16.7 Å². The second-order valence-electron chi connectivity index (χ2n) is 5.30. The summed E-state index contributed by atoms with van der Waals surface area (Å²) < 4.78 is 9.80. The van der Waals surface area contributed by atoms with Crippen molar-refractivity contribution in [3.8, 4) is 0 Å². The molecule has 0 aliphatic carbocycles. The number of benzene rings is 1. The highest BCUT2D eigenvalue weighted by atomic mass is 32.2. The van der Waals surface area contributed by atoms with E-state index >= 15 is 0 Å². The topological polar surface area (TPSA) is 81.7 Å². The lowest BCUT2D eigenvalue weighted by atomic mass is 9.84. The van der Waals surface area contributed by atoms with E-state index < -0.39 is 18.2 Å². The lowest BCUT2D eigenvalue weighted by Gasteiger charge is -2.39. The Hall–Kier alpha value is -2.28. The fourth-order valence-electron chi connectivity index (χ4n) is 2.40. The Morgan fingerprint density at radius 2 is 2.08 bits per heavy atom. The summed E-state index contributed by atoms with van der Waals surface area (Å²) in [4.78, 5) is 36.2. The maximum atomic E-state index is 12.1. The Morgan fingerprint density at radius 1 is 1.38 bits per heavy atom. The van der Waals surface area contributed by atoms with Crippen LogP contribution in [0.4, 0.5) is 4.79 Å². The number of carbonyl (C=O) groups excluding carboxylic acids is 3. The minimum atomic E-state index is -0.856. The van der Waals surface area contributed by atoms with Crippen LogP contribution in [0, 0.1) is 5.92 Å². The first-order valence-electron chi connectivity index (χ1n) is 7.51. The van der Waals surface area contributed by atoms with Gasteiger partial charge in [0.15, 0.2) is 5.12 Å². The van der Waals surface area contributed by atoms with Gasteiger partial charge in [0.1, 0.15) is 12.7 Å². The number of hydrogen-bond acceptors (Lipinski definition) is 6. The highest BCUT2D eigenvalue weighted by Crippen LogP contribution is 2.28. The summed E-state index contributed by atoms with van der Waals surface area (Å²) in [5.74, 6) is -0.789. The molecule has 2 rings (SSSR count). The molecule has 1 aliphatic heterocycles. The largest absolute Gasteiger partial charge is 0.508 e. The second kappa shape index (κ2) is 8.54. The molecular formula is C17H19NO5S. The Kier molecular flexibility index (Phi) is 6.43. The summed E-state index contributed by atoms with van der Waals surface area (Å²) in [6.45, 7) is 5.08. The summed E-state index contributed by atoms with van der Waals surface area (Å²) >= 11 is 1.13. The predicted octanol–water partition coefficient (Wildman–Crippen LogP) is 2.54. The normalized spacial score (nSPS) is 20.3. The molecule has 7 heteroatoms. The number of nitrogens with one attached hydrogen (secondary N) is 1. The van der Waals surface area contributed by atoms with Crippen LogP contribution in [0.3, 0.4) is 0 Å². The lowest BCUT2D eigenvalue weighted by molar-refractivity contribution is -0.142. The van der Waals surface area contributed by atoms with E-state index in [2.05, 4.69) is 11.9 Å². The molecule has 128 valence electrons. The third kappa shape index (κ3) is 4.86. The number of amides is 1. The molecule has 0 spiro atoms. The number of rotatable bonds is 7. The van der Waals surface area contributed by atoms with Crippen LogP contribution in [-0.2, 0) is 19.1 Å². The molecule has 1 N–H and O–H groups in total. The van der Waals surface area contributed by atoms with Gasteiger partial charge in [0, 0.05) is 11.3 Å². The minimum Gasteiger partial charge on any atom is -0.430 e. The zero-order valence-corrected chi connectivity index (χ0v) is 14.1. The molecule has 1 aliphatic rings. The number of thioether (sulfide) groups is 1.